The molecule has 16 heteroatoms. The number of pyridine rings is 1. The third kappa shape index (κ3) is 5.28. The number of primary amides is 1. The predicted molar refractivity (Wildman–Crippen MR) is 146 cm³/mol. The quantitative estimate of drug-likeness (QED) is 0.232. The van der Waals surface area contributed by atoms with Gasteiger partial charge in [-0.25, -0.2) is 14.1 Å². The molecule has 2 atom stereocenters. The average Bonchev–Trinajstić information content (AvgIpc) is 3.61. The number of rotatable bonds is 9. The lowest BCUT2D eigenvalue weighted by atomic mass is 9.78. The van der Waals surface area contributed by atoms with E-state index in [1.807, 2.05) is 5.32 Å². The maximum Gasteiger partial charge on any atom is 0.424 e. The van der Waals surface area contributed by atoms with Crippen LogP contribution in [0.2, 0.25) is 0 Å². The zero-order valence-electron chi connectivity index (χ0n) is 23.6. The highest BCUT2D eigenvalue weighted by molar-refractivity contribution is 6.00. The summed E-state index contributed by atoms with van der Waals surface area (Å²) in [4.78, 5) is 29.7. The lowest BCUT2D eigenvalue weighted by Gasteiger charge is -2.32. The minimum Gasteiger partial charge on any atom is -0.494 e. The third-order valence-electron chi connectivity index (χ3n) is 7.82. The molecule has 2 aromatic heterocycles. The molecule has 4 aromatic rings. The average molecular weight is 638 g/mol. The lowest BCUT2D eigenvalue weighted by molar-refractivity contribution is -0.265. The summed E-state index contributed by atoms with van der Waals surface area (Å²) in [5.74, 6) is -2.82. The van der Waals surface area contributed by atoms with Crippen molar-refractivity contribution in [1.29, 1.82) is 0 Å². The highest BCUT2D eigenvalue weighted by atomic mass is 19.4. The number of fused-ring (bicyclic) bond motifs is 2. The number of nitrogens with zero attached hydrogens (tertiary/aromatic N) is 3. The van der Waals surface area contributed by atoms with E-state index in [0.29, 0.717) is 4.68 Å². The Morgan fingerprint density at radius 2 is 1.89 bits per heavy atom. The number of nitrogens with one attached hydrogen (secondary N) is 1. The van der Waals surface area contributed by atoms with Crippen LogP contribution in [0, 0.1) is 5.82 Å². The summed E-state index contributed by atoms with van der Waals surface area (Å²) in [7, 11) is 1.19. The molecule has 5 rings (SSSR count). The van der Waals surface area contributed by atoms with Crippen molar-refractivity contribution in [2.75, 3.05) is 20.3 Å². The largest absolute Gasteiger partial charge is 0.494 e. The van der Waals surface area contributed by atoms with Gasteiger partial charge in [0.1, 0.15) is 40.5 Å². The van der Waals surface area contributed by atoms with Crippen LogP contribution >= 0.6 is 0 Å². The molecule has 0 bridgehead atoms. The normalized spacial score (nSPS) is 17.6. The number of hydrogen-bond acceptors (Lipinski definition) is 7. The van der Waals surface area contributed by atoms with Crippen LogP contribution < -0.4 is 20.5 Å². The van der Waals surface area contributed by atoms with E-state index in [0.717, 1.165) is 36.5 Å². The smallest absolute Gasteiger partial charge is 0.424 e. The zero-order valence-corrected chi connectivity index (χ0v) is 23.6. The molecule has 2 amide bonds. The van der Waals surface area contributed by atoms with Crippen LogP contribution in [0.25, 0.3) is 22.2 Å². The van der Waals surface area contributed by atoms with Crippen LogP contribution in [0.5, 0.6) is 11.5 Å². The molecule has 3 heterocycles. The van der Waals surface area contributed by atoms with Gasteiger partial charge >= 0.3 is 12.7 Å². The number of methoxy groups -OCH3 is 1. The fraction of sp³-hybridized carbons (Fsp3) is 0.310. The van der Waals surface area contributed by atoms with Gasteiger partial charge in [-0.05, 0) is 48.9 Å². The van der Waals surface area contributed by atoms with Crippen molar-refractivity contribution < 1.29 is 50.5 Å². The molecule has 10 nitrogen and oxygen atoms in total. The Hall–Kier alpha value is -4.86. The highest BCUT2D eigenvalue weighted by Crippen LogP contribution is 2.49. The van der Waals surface area contributed by atoms with E-state index in [1.165, 1.54) is 19.2 Å². The standard InChI is InChI=1S/C29H25F6N5O5/c1-3-27(25(36)42)13-45-23-18(27)10-20(38-22(23)14-4-6-17(30)7-5-14)28(43,29(33,34)35)12-37-24(41)15-8-16-11-40(26(31)32)39-21(16)19(9-15)44-2/h4-11,26,43H,3,12-13H2,1-2H3,(H2,36,42)(H,37,41)/t27-,28?/m1/s1. The molecule has 0 saturated carbocycles. The van der Waals surface area contributed by atoms with Crippen molar-refractivity contribution in [3.63, 3.8) is 0 Å². The monoisotopic (exact) mass is 637 g/mol. The van der Waals surface area contributed by atoms with Gasteiger partial charge in [-0.1, -0.05) is 6.92 Å². The molecule has 0 spiro atoms. The van der Waals surface area contributed by atoms with Gasteiger partial charge in [0.05, 0.1) is 19.3 Å². The molecule has 0 radical (unpaired) electrons. The van der Waals surface area contributed by atoms with Crippen LogP contribution in [-0.4, -0.2) is 58.1 Å². The van der Waals surface area contributed by atoms with E-state index in [1.54, 1.807) is 6.92 Å². The van der Waals surface area contributed by atoms with E-state index in [-0.39, 0.29) is 57.8 Å². The van der Waals surface area contributed by atoms with Gasteiger partial charge in [0, 0.05) is 28.3 Å². The Bertz CT molecular complexity index is 1800. The maximum absolute atomic E-state index is 14.7. The first-order valence-electron chi connectivity index (χ1n) is 13.3. The summed E-state index contributed by atoms with van der Waals surface area (Å²) in [6.45, 7) is -3.21. The molecule has 45 heavy (non-hydrogen) atoms. The fourth-order valence-electron chi connectivity index (χ4n) is 5.15. The Balaban J connectivity index is 1.59. The van der Waals surface area contributed by atoms with Crippen molar-refractivity contribution in [2.24, 2.45) is 5.73 Å². The summed E-state index contributed by atoms with van der Waals surface area (Å²) in [6, 6.07) is 7.61. The van der Waals surface area contributed by atoms with Crippen LogP contribution in [-0.2, 0) is 15.8 Å². The summed E-state index contributed by atoms with van der Waals surface area (Å²) in [5, 5.41) is 17.0. The predicted octanol–water partition coefficient (Wildman–Crippen LogP) is 4.35. The Morgan fingerprint density at radius 1 is 1.20 bits per heavy atom. The molecule has 0 fully saturated rings. The minimum atomic E-state index is -5.44. The molecule has 0 saturated heterocycles. The van der Waals surface area contributed by atoms with Gasteiger partial charge in [0.15, 0.2) is 0 Å². The number of benzene rings is 2. The van der Waals surface area contributed by atoms with Crippen molar-refractivity contribution >= 4 is 22.7 Å². The van der Waals surface area contributed by atoms with Gasteiger partial charge in [-0.2, -0.15) is 27.1 Å². The molecule has 1 aliphatic rings. The number of ether oxygens (including phenoxy) is 2. The van der Waals surface area contributed by atoms with Gasteiger partial charge < -0.3 is 25.6 Å². The van der Waals surface area contributed by atoms with Crippen LogP contribution in [0.4, 0.5) is 26.3 Å². The first-order chi connectivity index (χ1) is 21.1. The number of nitrogens with two attached hydrogens (primary N) is 1. The molecular formula is C29H25F6N5O5. The van der Waals surface area contributed by atoms with Gasteiger partial charge in [-0.3, -0.25) is 9.59 Å². The summed E-state index contributed by atoms with van der Waals surface area (Å²) in [6.07, 6.45) is -4.49. The summed E-state index contributed by atoms with van der Waals surface area (Å²) in [5.41, 5.74) is -1.21. The first-order valence-corrected chi connectivity index (χ1v) is 13.3. The van der Waals surface area contributed by atoms with Crippen molar-refractivity contribution in [3.05, 3.63) is 71.3 Å². The first kappa shape index (κ1) is 31.6. The molecule has 2 aromatic carbocycles. The zero-order chi connectivity index (χ0) is 32.9. The van der Waals surface area contributed by atoms with E-state index >= 15 is 0 Å². The topological polar surface area (TPSA) is 142 Å². The second-order valence-electron chi connectivity index (χ2n) is 10.4. The molecule has 4 N–H and O–H groups in total. The molecular weight excluding hydrogens is 612 g/mol. The Kier molecular flexibility index (Phi) is 7.89. The van der Waals surface area contributed by atoms with E-state index in [2.05, 4.69) is 10.1 Å². The number of aliphatic hydroxyl groups is 1. The molecule has 1 aliphatic heterocycles. The number of halogens is 6. The van der Waals surface area contributed by atoms with Gasteiger partial charge in [-0.15, -0.1) is 0 Å². The SMILES string of the molecule is CC[C@@]1(C(N)=O)COc2c1cc(C(O)(CNC(=O)c1cc(OC)c3nn(C(F)F)cc3c1)C(F)(F)F)nc2-c1ccc(F)cc1. The second kappa shape index (κ2) is 11.3. The summed E-state index contributed by atoms with van der Waals surface area (Å²) < 4.78 is 95.3. The number of hydrogen-bond donors (Lipinski definition) is 3. The lowest BCUT2D eigenvalue weighted by Crippen LogP contribution is -2.52. The van der Waals surface area contributed by atoms with E-state index in [9.17, 15) is 41.0 Å². The van der Waals surface area contributed by atoms with Crippen molar-refractivity contribution in [3.8, 4) is 22.8 Å². The van der Waals surface area contributed by atoms with Crippen LogP contribution in [0.15, 0.2) is 48.7 Å². The van der Waals surface area contributed by atoms with Gasteiger partial charge in [0.25, 0.3) is 5.91 Å². The number of carbonyl (C=O) groups excluding carboxylic acids is 2. The van der Waals surface area contributed by atoms with Gasteiger partial charge in [0.2, 0.25) is 11.5 Å². The van der Waals surface area contributed by atoms with Crippen molar-refractivity contribution in [1.82, 2.24) is 20.1 Å². The Morgan fingerprint density at radius 3 is 2.47 bits per heavy atom. The maximum atomic E-state index is 14.7. The fourth-order valence-corrected chi connectivity index (χ4v) is 5.15. The number of amides is 2. The van der Waals surface area contributed by atoms with Crippen LogP contribution in [0.3, 0.4) is 0 Å². The number of carbonyl (C=O) groups is 2. The molecule has 0 aliphatic carbocycles. The van der Waals surface area contributed by atoms with E-state index < -0.39 is 53.6 Å². The highest BCUT2D eigenvalue weighted by Gasteiger charge is 2.58. The summed E-state index contributed by atoms with van der Waals surface area (Å²) >= 11 is 0. The van der Waals surface area contributed by atoms with E-state index in [4.69, 9.17) is 15.2 Å². The molecule has 238 valence electrons. The van der Waals surface area contributed by atoms with Crippen molar-refractivity contribution in [2.45, 2.75) is 37.1 Å². The third-order valence-corrected chi connectivity index (χ3v) is 7.82. The second-order valence-corrected chi connectivity index (χ2v) is 10.4. The Labute approximate surface area is 250 Å². The minimum absolute atomic E-state index is 0.0205. The number of aromatic nitrogens is 3. The van der Waals surface area contributed by atoms with Crippen LogP contribution in [0.1, 0.15) is 41.5 Å². The molecule has 1 unspecified atom stereocenters. The number of alkyl halides is 5.